The van der Waals surface area contributed by atoms with Crippen LogP contribution in [0.15, 0.2) is 47.6 Å². The minimum absolute atomic E-state index is 0. The van der Waals surface area contributed by atoms with Crippen LogP contribution in [0.3, 0.4) is 0 Å². The molecule has 2 saturated heterocycles. The van der Waals surface area contributed by atoms with Gasteiger partial charge in [0.2, 0.25) is 5.79 Å². The summed E-state index contributed by atoms with van der Waals surface area (Å²) in [6.07, 6.45) is 11.2. The predicted octanol–water partition coefficient (Wildman–Crippen LogP) is 6.81. The van der Waals surface area contributed by atoms with E-state index in [2.05, 4.69) is 0 Å². The summed E-state index contributed by atoms with van der Waals surface area (Å²) in [4.78, 5) is 86.1. The number of carbonyl (C=O) groups is 5. The van der Waals surface area contributed by atoms with Crippen molar-refractivity contribution in [1.82, 2.24) is 4.90 Å². The molecule has 414 valence electrons. The van der Waals surface area contributed by atoms with E-state index in [4.69, 9.17) is 38.0 Å². The van der Waals surface area contributed by atoms with Crippen LogP contribution in [0, 0.1) is 35.5 Å². The van der Waals surface area contributed by atoms with E-state index in [0.717, 1.165) is 12.0 Å². The van der Waals surface area contributed by atoms with Gasteiger partial charge >= 0.3 is 14.2 Å². The van der Waals surface area contributed by atoms with Crippen molar-refractivity contribution in [3.05, 3.63) is 47.6 Å². The number of aliphatic hydroxyl groups excluding tert-OH is 2. The molecular formula is C53H90NO16PW. The molecule has 1 saturated carbocycles. The van der Waals surface area contributed by atoms with Gasteiger partial charge in [-0.1, -0.05) is 85.9 Å². The number of Topliss-reactive ketones (excluding diaryl/α,β-unsaturated/α-hetero) is 3. The molecule has 72 heavy (non-hydrogen) atoms. The van der Waals surface area contributed by atoms with E-state index in [1.807, 2.05) is 58.1 Å². The number of nitrogens with zero attached hydrogens (tertiary/aromatic N) is 1. The summed E-state index contributed by atoms with van der Waals surface area (Å²) in [6.45, 7) is 12.7. The Morgan fingerprint density at radius 3 is 2.11 bits per heavy atom. The van der Waals surface area contributed by atoms with Crippen LogP contribution in [0.1, 0.15) is 140 Å². The molecule has 0 aromatic carbocycles. The van der Waals surface area contributed by atoms with Crippen molar-refractivity contribution >= 4 is 37.5 Å². The van der Waals surface area contributed by atoms with Gasteiger partial charge in [-0.25, -0.2) is 4.79 Å². The fourth-order valence-electron chi connectivity index (χ4n) is 10.1. The van der Waals surface area contributed by atoms with Gasteiger partial charge in [-0.05, 0) is 107 Å². The Balaban J connectivity index is 0.00000693. The summed E-state index contributed by atoms with van der Waals surface area (Å²) in [5.74, 6) is -7.96. The maximum absolute atomic E-state index is 14.4. The Hall–Kier alpha value is -2.53. The molecule has 1 aliphatic carbocycles. The quantitative estimate of drug-likeness (QED) is 0.0793. The van der Waals surface area contributed by atoms with Crippen molar-refractivity contribution < 1.29 is 98.4 Å². The summed E-state index contributed by atoms with van der Waals surface area (Å²) in [7, 11) is 1.39. The molecule has 4 rings (SSSR count). The molecule has 3 fully saturated rings. The van der Waals surface area contributed by atoms with E-state index in [0.29, 0.717) is 63.4 Å². The summed E-state index contributed by atoms with van der Waals surface area (Å²) in [6, 6.07) is -1.14. The maximum Gasteiger partial charge on any atom is 0.329 e. The van der Waals surface area contributed by atoms with Gasteiger partial charge in [0.05, 0.1) is 24.4 Å². The standard InChI is InChI=1S/C51H79NO13.2CH4.H3O3P.W/c1-30-16-12-11-13-17-31(2)42(61-8)28-38-21-19-36(7)51(60,65-38)48(57)49(58)52-23-15-14-18-39(52)50(59)64-43(33(4)26-37-20-22-40(53)44(27-37)62-9)29-41(54)32(3)25-35(6)46(56)47(63-10)45(55)34(5)24-30;;;1-4(2)3;/h11-13,16-17,25,30,32-34,36-40,42-44,46-47,53,56,60H,14-15,18-24,26-29H2,1-10H3;2*1H4;4H,(H2,1,2,3);/b13-11?,16-12+,31-17?,35-25+;;;;/t30-,32-,33-,34-,36-,37+,38+,39+,40?,42+,43+,44-,46-,47+,51-;;;;/m1..../s1. The topological polar surface area (TPSA) is 253 Å². The second-order valence-corrected chi connectivity index (χ2v) is 20.4. The monoisotopic (exact) mass is 1210 g/mol. The van der Waals surface area contributed by atoms with Crippen molar-refractivity contribution in [2.75, 3.05) is 27.9 Å². The average Bonchev–Trinajstić information content (AvgIpc) is 3.30. The fraction of sp³-hybridized carbons (Fsp3) is 0.755. The van der Waals surface area contributed by atoms with Gasteiger partial charge < -0.3 is 53.7 Å². The number of ketones is 3. The first-order chi connectivity index (χ1) is 32.5. The molecule has 0 aromatic heterocycles. The molecule has 1 amide bonds. The van der Waals surface area contributed by atoms with Crippen LogP contribution in [-0.2, 0) is 73.3 Å². The number of esters is 1. The van der Waals surface area contributed by atoms with Gasteiger partial charge in [0.15, 0.2) is 5.78 Å². The molecule has 0 radical (unpaired) electrons. The second-order valence-electron chi connectivity index (χ2n) is 19.9. The van der Waals surface area contributed by atoms with E-state index < -0.39 is 92.1 Å². The molecular weight excluding hydrogens is 1120 g/mol. The van der Waals surface area contributed by atoms with E-state index in [-0.39, 0.29) is 90.7 Å². The molecule has 3 aliphatic heterocycles. The molecule has 17 nitrogen and oxygen atoms in total. The van der Waals surface area contributed by atoms with Crippen molar-refractivity contribution in [1.29, 1.82) is 0 Å². The number of ether oxygens (including phenoxy) is 5. The number of cyclic esters (lactones) is 1. The van der Waals surface area contributed by atoms with Crippen molar-refractivity contribution in [3.63, 3.8) is 0 Å². The zero-order chi connectivity index (χ0) is 51.7. The number of allylic oxidation sites excluding steroid dienone is 6. The Morgan fingerprint density at radius 1 is 0.847 bits per heavy atom. The molecule has 15 atom stereocenters. The van der Waals surface area contributed by atoms with E-state index in [1.54, 1.807) is 41.1 Å². The van der Waals surface area contributed by atoms with Crippen LogP contribution in [0.2, 0.25) is 0 Å². The van der Waals surface area contributed by atoms with E-state index >= 15 is 0 Å². The predicted molar refractivity (Wildman–Crippen MR) is 272 cm³/mol. The van der Waals surface area contributed by atoms with Crippen LogP contribution in [0.25, 0.3) is 0 Å². The van der Waals surface area contributed by atoms with Gasteiger partial charge in [0, 0.05) is 79.5 Å². The molecule has 3 heterocycles. The Morgan fingerprint density at radius 2 is 1.50 bits per heavy atom. The zero-order valence-corrected chi connectivity index (χ0v) is 46.8. The number of carbonyl (C=O) groups excluding carboxylic acids is 5. The van der Waals surface area contributed by atoms with Crippen molar-refractivity contribution in [2.24, 2.45) is 35.5 Å². The number of hydrogen-bond donors (Lipinski definition) is 5. The first-order valence-electron chi connectivity index (χ1n) is 24.6. The van der Waals surface area contributed by atoms with Gasteiger partial charge in [0.1, 0.15) is 30.1 Å². The number of rotatable bonds is 6. The van der Waals surface area contributed by atoms with Crippen LogP contribution < -0.4 is 0 Å². The van der Waals surface area contributed by atoms with Gasteiger partial charge in [-0.3, -0.25) is 23.7 Å². The zero-order valence-electron chi connectivity index (χ0n) is 42.8. The minimum atomic E-state index is -3.13. The van der Waals surface area contributed by atoms with Crippen LogP contribution >= 0.6 is 8.25 Å². The summed E-state index contributed by atoms with van der Waals surface area (Å²) >= 11 is 0. The van der Waals surface area contributed by atoms with Crippen molar-refractivity contribution in [2.45, 2.75) is 195 Å². The van der Waals surface area contributed by atoms with Crippen molar-refractivity contribution in [3.8, 4) is 0 Å². The molecule has 2 bridgehead atoms. The van der Waals surface area contributed by atoms with Gasteiger partial charge in [-0.15, -0.1) is 0 Å². The Labute approximate surface area is 444 Å². The minimum Gasteiger partial charge on any atom is -0.460 e. The van der Waals surface area contributed by atoms with E-state index in [1.165, 1.54) is 12.0 Å². The summed E-state index contributed by atoms with van der Waals surface area (Å²) < 4.78 is 38.1. The number of aliphatic hydroxyl groups is 3. The van der Waals surface area contributed by atoms with Crippen LogP contribution in [-0.4, -0.2) is 142 Å². The fourth-order valence-corrected chi connectivity index (χ4v) is 10.1. The third-order valence-electron chi connectivity index (χ3n) is 14.5. The van der Waals surface area contributed by atoms with Gasteiger partial charge in [0.25, 0.3) is 11.7 Å². The summed E-state index contributed by atoms with van der Waals surface area (Å²) in [5.41, 5.74) is 1.27. The Bertz CT molecular complexity index is 1870. The normalized spacial score (nSPS) is 35.8. The largest absolute Gasteiger partial charge is 0.460 e. The number of hydrogen-bond acceptors (Lipinski definition) is 14. The average molecular weight is 1210 g/mol. The number of fused-ring (bicyclic) bond motifs is 3. The molecule has 1 unspecified atom stereocenters. The first-order valence-corrected chi connectivity index (χ1v) is 25.9. The van der Waals surface area contributed by atoms with Crippen LogP contribution in [0.5, 0.6) is 0 Å². The molecule has 5 N–H and O–H groups in total. The number of methoxy groups -OCH3 is 3. The Kier molecular flexibility index (Phi) is 32.3. The summed E-state index contributed by atoms with van der Waals surface area (Å²) in [5, 5.41) is 33.8. The van der Waals surface area contributed by atoms with Gasteiger partial charge in [-0.2, -0.15) is 0 Å². The molecule has 0 spiro atoms. The maximum atomic E-state index is 14.4. The molecule has 19 heteroatoms. The molecule has 4 aliphatic rings. The third-order valence-corrected chi connectivity index (χ3v) is 14.5. The number of amides is 1. The first kappa shape index (κ1) is 69.5. The third kappa shape index (κ3) is 20.2. The van der Waals surface area contributed by atoms with E-state index in [9.17, 15) is 39.3 Å². The van der Waals surface area contributed by atoms with Crippen LogP contribution in [0.4, 0.5) is 0 Å². The smallest absolute Gasteiger partial charge is 0.329 e. The SMILES string of the molecule is C.C.CO[C@H]1C[C@@H]2CC[C@@H](C)[C@@](O)(O2)C(=O)C(=O)N2CCCC[C@H]2C(=O)O[C@H]([C@H](C)C[C@@H]2CCC(O)[C@H](OC)C2)CC(=O)[C@H](C)/C=C(\C)[C@@H](O)[C@@H](OC)C(=O)[C@H](C)C[C@H](C)/C=C/C=CC=C1C.O=[PH](O)O.[W]. The molecule has 0 aromatic rings. The second kappa shape index (κ2) is 33.5. The number of piperidine rings is 1.